The van der Waals surface area contributed by atoms with Crippen LogP contribution in [-0.2, 0) is 4.79 Å². The SMILES string of the molecule is CN(C)CCCNC(=O)C(F)(F)C(F)(F)C(F)(F)C(F)(F)C(F)(F)C(F)(F)C(F)(F)F. The van der Waals surface area contributed by atoms with E-state index >= 15 is 0 Å². The van der Waals surface area contributed by atoms with Crippen LogP contribution in [0.3, 0.4) is 0 Å². The van der Waals surface area contributed by atoms with E-state index < -0.39 is 54.2 Å². The summed E-state index contributed by atoms with van der Waals surface area (Å²) in [5.41, 5.74) is 0. The van der Waals surface area contributed by atoms with E-state index in [0.29, 0.717) is 0 Å². The van der Waals surface area contributed by atoms with Gasteiger partial charge < -0.3 is 10.2 Å². The Morgan fingerprint density at radius 3 is 1.35 bits per heavy atom. The van der Waals surface area contributed by atoms with Crippen molar-refractivity contribution in [3.05, 3.63) is 0 Å². The monoisotopic (exact) mass is 498 g/mol. The molecule has 1 N–H and O–H groups in total. The molecule has 18 heteroatoms. The lowest BCUT2D eigenvalue weighted by Gasteiger charge is -2.41. The van der Waals surface area contributed by atoms with Crippen LogP contribution in [0.2, 0.25) is 0 Å². The molecule has 0 aliphatic carbocycles. The standard InChI is InChI=1S/C13H13F15N2O/c1-30(2)5-3-4-29-6(31)7(14,15)8(16,17)9(18,19)10(20,21)11(22,23)12(24,25)13(26,27)28/h3-5H2,1-2H3,(H,29,31). The second-order valence-corrected chi connectivity index (χ2v) is 6.36. The van der Waals surface area contributed by atoms with Crippen molar-refractivity contribution in [2.75, 3.05) is 27.2 Å². The summed E-state index contributed by atoms with van der Waals surface area (Å²) >= 11 is 0. The molecule has 3 nitrogen and oxygen atoms in total. The van der Waals surface area contributed by atoms with Crippen molar-refractivity contribution >= 4 is 5.91 Å². The Kier molecular flexibility index (Phi) is 7.94. The fourth-order valence-electron chi connectivity index (χ4n) is 1.82. The van der Waals surface area contributed by atoms with E-state index in [-0.39, 0.29) is 13.0 Å². The van der Waals surface area contributed by atoms with Gasteiger partial charge in [-0.1, -0.05) is 0 Å². The van der Waals surface area contributed by atoms with Crippen molar-refractivity contribution < 1.29 is 70.7 Å². The van der Waals surface area contributed by atoms with Gasteiger partial charge in [-0.15, -0.1) is 0 Å². The molecule has 0 unspecified atom stereocenters. The lowest BCUT2D eigenvalue weighted by molar-refractivity contribution is -0.449. The van der Waals surface area contributed by atoms with Crippen molar-refractivity contribution in [1.29, 1.82) is 0 Å². The summed E-state index contributed by atoms with van der Waals surface area (Å²) in [7, 11) is 2.81. The molecule has 0 bridgehead atoms. The number of hydrogen-bond donors (Lipinski definition) is 1. The van der Waals surface area contributed by atoms with Gasteiger partial charge in [0.2, 0.25) is 0 Å². The van der Waals surface area contributed by atoms with Gasteiger partial charge in [0.15, 0.2) is 0 Å². The third-order valence-corrected chi connectivity index (χ3v) is 3.68. The van der Waals surface area contributed by atoms with Gasteiger partial charge in [0.1, 0.15) is 0 Å². The molecule has 0 aliphatic heterocycles. The average molecular weight is 498 g/mol. The van der Waals surface area contributed by atoms with Crippen LogP contribution in [0, 0.1) is 0 Å². The first-order chi connectivity index (χ1) is 13.3. The number of carbonyl (C=O) groups is 1. The Morgan fingerprint density at radius 2 is 1.00 bits per heavy atom. The number of nitrogens with one attached hydrogen (secondary N) is 1. The molecule has 0 aromatic rings. The van der Waals surface area contributed by atoms with E-state index in [2.05, 4.69) is 0 Å². The fraction of sp³-hybridized carbons (Fsp3) is 0.923. The molecule has 186 valence electrons. The Bertz CT molecular complexity index is 641. The molecule has 0 aromatic carbocycles. The van der Waals surface area contributed by atoms with Crippen molar-refractivity contribution in [2.45, 2.75) is 48.1 Å². The highest BCUT2D eigenvalue weighted by Gasteiger charge is 2.94. The lowest BCUT2D eigenvalue weighted by Crippen LogP contribution is -2.74. The molecular formula is C13H13F15N2O. The number of halogens is 15. The lowest BCUT2D eigenvalue weighted by atomic mass is 9.91. The molecule has 0 aliphatic rings. The van der Waals surface area contributed by atoms with E-state index in [1.54, 1.807) is 0 Å². The second kappa shape index (κ2) is 8.38. The van der Waals surface area contributed by atoms with Crippen molar-refractivity contribution in [2.24, 2.45) is 0 Å². The number of hydrogen-bond acceptors (Lipinski definition) is 2. The zero-order valence-corrected chi connectivity index (χ0v) is 15.1. The Hall–Kier alpha value is -1.62. The number of carbonyl (C=O) groups excluding carboxylic acids is 1. The number of rotatable bonds is 10. The highest BCUT2D eigenvalue weighted by molar-refractivity contribution is 5.84. The average Bonchev–Trinajstić information content (AvgIpc) is 2.56. The normalized spacial score (nSPS) is 15.4. The van der Waals surface area contributed by atoms with Gasteiger partial charge in [-0.25, -0.2) is 0 Å². The minimum atomic E-state index is -8.41. The molecule has 0 fully saturated rings. The molecule has 0 atom stereocenters. The quantitative estimate of drug-likeness (QED) is 0.357. The largest absolute Gasteiger partial charge is 0.460 e. The molecule has 0 heterocycles. The van der Waals surface area contributed by atoms with Crippen LogP contribution in [0.1, 0.15) is 6.42 Å². The number of alkyl halides is 15. The molecule has 0 rings (SSSR count). The van der Waals surface area contributed by atoms with Gasteiger partial charge >= 0.3 is 41.7 Å². The molecule has 0 saturated heterocycles. The van der Waals surface area contributed by atoms with Gasteiger partial charge in [-0.2, -0.15) is 65.9 Å². The summed E-state index contributed by atoms with van der Waals surface area (Å²) in [6, 6.07) is 0. The first kappa shape index (κ1) is 29.4. The summed E-state index contributed by atoms with van der Waals surface area (Å²) in [5, 5.41) is 0.912. The van der Waals surface area contributed by atoms with E-state index in [1.165, 1.54) is 19.0 Å². The zero-order valence-electron chi connectivity index (χ0n) is 15.1. The van der Waals surface area contributed by atoms with Gasteiger partial charge in [-0.05, 0) is 27.1 Å². The summed E-state index contributed by atoms with van der Waals surface area (Å²) in [5.74, 6) is -51.2. The maximum atomic E-state index is 13.5. The molecule has 0 saturated carbocycles. The first-order valence-corrected chi connectivity index (χ1v) is 7.60. The van der Waals surface area contributed by atoms with E-state index in [0.717, 1.165) is 5.32 Å². The fourth-order valence-corrected chi connectivity index (χ4v) is 1.82. The maximum absolute atomic E-state index is 13.5. The predicted octanol–water partition coefficient (Wildman–Crippen LogP) is 4.43. The zero-order chi connectivity index (χ0) is 25.5. The Balaban J connectivity index is 6.12. The molecule has 0 radical (unpaired) electrons. The summed E-state index contributed by atoms with van der Waals surface area (Å²) in [6.07, 6.45) is -7.96. The van der Waals surface area contributed by atoms with Crippen molar-refractivity contribution in [3.8, 4) is 0 Å². The highest BCUT2D eigenvalue weighted by Crippen LogP contribution is 2.62. The summed E-state index contributed by atoms with van der Waals surface area (Å²) in [6.45, 7) is -0.942. The summed E-state index contributed by atoms with van der Waals surface area (Å²) < 4.78 is 194. The van der Waals surface area contributed by atoms with E-state index in [1.807, 2.05) is 0 Å². The van der Waals surface area contributed by atoms with E-state index in [4.69, 9.17) is 0 Å². The van der Waals surface area contributed by atoms with Crippen LogP contribution in [0.4, 0.5) is 65.9 Å². The molecule has 0 aromatic heterocycles. The van der Waals surface area contributed by atoms with Gasteiger partial charge in [-0.3, -0.25) is 4.79 Å². The van der Waals surface area contributed by atoms with Gasteiger partial charge in [0.05, 0.1) is 0 Å². The minimum absolute atomic E-state index is 0.00474. The van der Waals surface area contributed by atoms with Gasteiger partial charge in [0, 0.05) is 6.54 Å². The van der Waals surface area contributed by atoms with Crippen molar-refractivity contribution in [1.82, 2.24) is 10.2 Å². The number of nitrogens with zero attached hydrogens (tertiary/aromatic N) is 1. The van der Waals surface area contributed by atoms with Crippen LogP contribution < -0.4 is 5.32 Å². The Morgan fingerprint density at radius 1 is 0.645 bits per heavy atom. The smallest absolute Gasteiger partial charge is 0.351 e. The molecule has 0 spiro atoms. The third kappa shape index (κ3) is 4.62. The summed E-state index contributed by atoms with van der Waals surface area (Å²) in [4.78, 5) is 12.4. The van der Waals surface area contributed by atoms with E-state index in [9.17, 15) is 70.7 Å². The highest BCUT2D eigenvalue weighted by atomic mass is 19.4. The molecule has 1 amide bonds. The maximum Gasteiger partial charge on any atom is 0.460 e. The van der Waals surface area contributed by atoms with Gasteiger partial charge in [0.25, 0.3) is 5.91 Å². The van der Waals surface area contributed by atoms with Crippen LogP contribution in [0.25, 0.3) is 0 Å². The van der Waals surface area contributed by atoms with Crippen LogP contribution >= 0.6 is 0 Å². The van der Waals surface area contributed by atoms with Crippen LogP contribution in [-0.4, -0.2) is 79.7 Å². The van der Waals surface area contributed by atoms with Crippen LogP contribution in [0.5, 0.6) is 0 Å². The number of amides is 1. The topological polar surface area (TPSA) is 32.3 Å². The molecular weight excluding hydrogens is 485 g/mol. The minimum Gasteiger partial charge on any atom is -0.351 e. The third-order valence-electron chi connectivity index (χ3n) is 3.68. The van der Waals surface area contributed by atoms with Crippen LogP contribution in [0.15, 0.2) is 0 Å². The Labute approximate surface area is 163 Å². The predicted molar refractivity (Wildman–Crippen MR) is 71.9 cm³/mol. The first-order valence-electron chi connectivity index (χ1n) is 7.60. The second-order valence-electron chi connectivity index (χ2n) is 6.36. The van der Waals surface area contributed by atoms with Crippen molar-refractivity contribution in [3.63, 3.8) is 0 Å². The molecule has 31 heavy (non-hydrogen) atoms.